The van der Waals surface area contributed by atoms with Gasteiger partial charge < -0.3 is 4.90 Å². The van der Waals surface area contributed by atoms with Crippen LogP contribution in [0.1, 0.15) is 61.3 Å². The normalized spacial score (nSPS) is 23.9. The van der Waals surface area contributed by atoms with Crippen molar-refractivity contribution in [1.29, 1.82) is 0 Å². The molecule has 1 amide bonds. The van der Waals surface area contributed by atoms with Crippen LogP contribution in [-0.2, 0) is 4.79 Å². The summed E-state index contributed by atoms with van der Waals surface area (Å²) < 4.78 is 0. The highest BCUT2D eigenvalue weighted by atomic mass is 16.2. The van der Waals surface area contributed by atoms with Crippen molar-refractivity contribution in [2.45, 2.75) is 73.5 Å². The highest BCUT2D eigenvalue weighted by Crippen LogP contribution is 2.27. The first kappa shape index (κ1) is 17.5. The molecular weight excluding hydrogens is 248 g/mol. The Labute approximate surface area is 125 Å². The van der Waals surface area contributed by atoms with Crippen molar-refractivity contribution in [2.24, 2.45) is 23.7 Å². The Kier molecular flexibility index (Phi) is 6.50. The molecule has 3 heteroatoms. The van der Waals surface area contributed by atoms with E-state index >= 15 is 0 Å². The van der Waals surface area contributed by atoms with Gasteiger partial charge in [0, 0.05) is 6.54 Å². The molecule has 1 aliphatic rings. The number of hydrogen-bond donors (Lipinski definition) is 1. The number of carbonyl (C=O) groups is 1. The quantitative estimate of drug-likeness (QED) is 0.775. The van der Waals surface area contributed by atoms with Crippen molar-refractivity contribution in [3.63, 3.8) is 0 Å². The van der Waals surface area contributed by atoms with Gasteiger partial charge in [0.25, 0.3) is 0 Å². The average Bonchev–Trinajstić information content (AvgIpc) is 2.63. The second-order valence-electron chi connectivity index (χ2n) is 7.34. The van der Waals surface area contributed by atoms with Gasteiger partial charge in [0.1, 0.15) is 0 Å². The van der Waals surface area contributed by atoms with E-state index in [9.17, 15) is 4.79 Å². The Morgan fingerprint density at radius 2 is 1.65 bits per heavy atom. The van der Waals surface area contributed by atoms with Crippen LogP contribution in [0.25, 0.3) is 0 Å². The first-order valence-electron chi connectivity index (χ1n) is 8.36. The third-order valence-electron chi connectivity index (χ3n) is 4.65. The highest BCUT2D eigenvalue weighted by Gasteiger charge is 2.40. The zero-order valence-corrected chi connectivity index (χ0v) is 14.4. The van der Waals surface area contributed by atoms with Gasteiger partial charge in [-0.3, -0.25) is 10.1 Å². The van der Waals surface area contributed by atoms with Crippen molar-refractivity contribution in [2.75, 3.05) is 6.54 Å². The van der Waals surface area contributed by atoms with Crippen LogP contribution >= 0.6 is 0 Å². The molecule has 0 radical (unpaired) electrons. The molecule has 1 heterocycles. The molecule has 0 bridgehead atoms. The summed E-state index contributed by atoms with van der Waals surface area (Å²) in [4.78, 5) is 14.8. The van der Waals surface area contributed by atoms with Gasteiger partial charge in [-0.2, -0.15) is 0 Å². The Bertz CT molecular complexity index is 304. The lowest BCUT2D eigenvalue weighted by molar-refractivity contribution is -0.131. The van der Waals surface area contributed by atoms with Crippen molar-refractivity contribution in [1.82, 2.24) is 10.2 Å². The Morgan fingerprint density at radius 1 is 1.10 bits per heavy atom. The van der Waals surface area contributed by atoms with E-state index in [1.54, 1.807) is 0 Å². The van der Waals surface area contributed by atoms with Crippen molar-refractivity contribution in [3.05, 3.63) is 0 Å². The summed E-state index contributed by atoms with van der Waals surface area (Å²) >= 11 is 0. The second kappa shape index (κ2) is 7.44. The van der Waals surface area contributed by atoms with Crippen molar-refractivity contribution in [3.8, 4) is 0 Å². The number of carbonyl (C=O) groups excluding carboxylic acids is 1. The number of nitrogens with zero attached hydrogens (tertiary/aromatic N) is 1. The van der Waals surface area contributed by atoms with Crippen molar-refractivity contribution >= 4 is 5.91 Å². The number of hydrogen-bond acceptors (Lipinski definition) is 2. The first-order chi connectivity index (χ1) is 9.29. The van der Waals surface area contributed by atoms with Crippen LogP contribution in [0.2, 0.25) is 0 Å². The van der Waals surface area contributed by atoms with E-state index in [0.717, 1.165) is 19.4 Å². The van der Waals surface area contributed by atoms with Crippen molar-refractivity contribution < 1.29 is 4.79 Å². The second-order valence-corrected chi connectivity index (χ2v) is 7.34. The molecule has 0 aromatic heterocycles. The van der Waals surface area contributed by atoms with E-state index in [4.69, 9.17) is 0 Å². The van der Waals surface area contributed by atoms with Gasteiger partial charge in [0.05, 0.1) is 12.2 Å². The summed E-state index contributed by atoms with van der Waals surface area (Å²) in [6.07, 6.45) is 2.40. The third-order valence-corrected chi connectivity index (χ3v) is 4.65. The smallest absolute Gasteiger partial charge is 0.241 e. The molecule has 2 atom stereocenters. The van der Waals surface area contributed by atoms with E-state index < -0.39 is 0 Å². The van der Waals surface area contributed by atoms with E-state index in [0.29, 0.717) is 29.6 Å². The summed E-state index contributed by atoms with van der Waals surface area (Å²) in [7, 11) is 0. The monoisotopic (exact) mass is 282 g/mol. The summed E-state index contributed by atoms with van der Waals surface area (Å²) in [5, 5.41) is 3.55. The van der Waals surface area contributed by atoms with Gasteiger partial charge in [0.2, 0.25) is 5.91 Å². The van der Waals surface area contributed by atoms with E-state index in [-0.39, 0.29) is 12.2 Å². The zero-order valence-electron chi connectivity index (χ0n) is 14.4. The third kappa shape index (κ3) is 3.97. The summed E-state index contributed by atoms with van der Waals surface area (Å²) in [5.74, 6) is 2.48. The largest absolute Gasteiger partial charge is 0.325 e. The molecule has 0 aliphatic carbocycles. The predicted octanol–water partition coefficient (Wildman–Crippen LogP) is 3.50. The van der Waals surface area contributed by atoms with E-state index in [1.165, 1.54) is 0 Å². The molecule has 1 rings (SSSR count). The lowest BCUT2D eigenvalue weighted by atomic mass is 9.85. The van der Waals surface area contributed by atoms with Crippen LogP contribution in [0.15, 0.2) is 0 Å². The minimum absolute atomic E-state index is 0.00604. The summed E-state index contributed by atoms with van der Waals surface area (Å²) in [6, 6.07) is 0.00604. The van der Waals surface area contributed by atoms with Gasteiger partial charge in [0.15, 0.2) is 0 Å². The fraction of sp³-hybridized carbons (Fsp3) is 0.941. The van der Waals surface area contributed by atoms with Gasteiger partial charge in [-0.1, -0.05) is 54.9 Å². The van der Waals surface area contributed by atoms with Crippen LogP contribution in [-0.4, -0.2) is 29.6 Å². The maximum absolute atomic E-state index is 12.7. The molecule has 0 spiro atoms. The zero-order chi connectivity index (χ0) is 15.4. The van der Waals surface area contributed by atoms with E-state index in [1.807, 2.05) is 0 Å². The molecule has 2 unspecified atom stereocenters. The SMILES string of the molecule is CCCC1NC(C(C)C)C(=O)N1CC(C(C)C)C(C)C. The Balaban J connectivity index is 2.85. The molecule has 118 valence electrons. The molecule has 1 aliphatic heterocycles. The van der Waals surface area contributed by atoms with Crippen LogP contribution in [0, 0.1) is 23.7 Å². The molecule has 0 aromatic rings. The van der Waals surface area contributed by atoms with Crippen LogP contribution in [0.5, 0.6) is 0 Å². The molecule has 3 nitrogen and oxygen atoms in total. The van der Waals surface area contributed by atoms with Crippen LogP contribution in [0.3, 0.4) is 0 Å². The van der Waals surface area contributed by atoms with Gasteiger partial charge in [-0.05, 0) is 30.1 Å². The minimum atomic E-state index is 0.00604. The molecular formula is C17H34N2O. The highest BCUT2D eigenvalue weighted by molar-refractivity contribution is 5.84. The number of rotatable bonds is 7. The van der Waals surface area contributed by atoms with Crippen LogP contribution < -0.4 is 5.32 Å². The topological polar surface area (TPSA) is 32.3 Å². The number of nitrogens with one attached hydrogen (secondary N) is 1. The van der Waals surface area contributed by atoms with Gasteiger partial charge >= 0.3 is 0 Å². The average molecular weight is 282 g/mol. The maximum atomic E-state index is 12.7. The summed E-state index contributed by atoms with van der Waals surface area (Å²) in [6.45, 7) is 16.4. The summed E-state index contributed by atoms with van der Waals surface area (Å²) in [5.41, 5.74) is 0. The molecule has 1 N–H and O–H groups in total. The van der Waals surface area contributed by atoms with Crippen LogP contribution in [0.4, 0.5) is 0 Å². The Hall–Kier alpha value is -0.570. The maximum Gasteiger partial charge on any atom is 0.241 e. The molecule has 0 aromatic carbocycles. The first-order valence-corrected chi connectivity index (χ1v) is 8.36. The lowest BCUT2D eigenvalue weighted by Gasteiger charge is -2.33. The Morgan fingerprint density at radius 3 is 2.05 bits per heavy atom. The fourth-order valence-corrected chi connectivity index (χ4v) is 3.33. The van der Waals surface area contributed by atoms with Gasteiger partial charge in [-0.25, -0.2) is 0 Å². The molecule has 1 saturated heterocycles. The lowest BCUT2D eigenvalue weighted by Crippen LogP contribution is -2.42. The standard InChI is InChI=1S/C17H34N2O/c1-8-9-15-18-16(13(6)7)17(20)19(15)10-14(11(2)3)12(4)5/h11-16,18H,8-10H2,1-7H3. The minimum Gasteiger partial charge on any atom is -0.325 e. The molecule has 20 heavy (non-hydrogen) atoms. The predicted molar refractivity (Wildman–Crippen MR) is 85.3 cm³/mol. The van der Waals surface area contributed by atoms with E-state index in [2.05, 4.69) is 58.7 Å². The van der Waals surface area contributed by atoms with Gasteiger partial charge in [-0.15, -0.1) is 0 Å². The fourth-order valence-electron chi connectivity index (χ4n) is 3.33. The molecule has 0 saturated carbocycles. The number of amides is 1. The molecule has 1 fully saturated rings.